The van der Waals surface area contributed by atoms with Gasteiger partial charge in [-0.3, -0.25) is 9.59 Å². The monoisotopic (exact) mass is 439 g/mol. The van der Waals surface area contributed by atoms with E-state index >= 15 is 0 Å². The number of nitrogens with one attached hydrogen (secondary N) is 3. The molecule has 0 bridgehead atoms. The molecule has 0 aromatic carbocycles. The topological polar surface area (TPSA) is 122 Å². The summed E-state index contributed by atoms with van der Waals surface area (Å²) in [6.07, 6.45) is 4.12. The van der Waals surface area contributed by atoms with Gasteiger partial charge in [-0.2, -0.15) is 0 Å². The summed E-state index contributed by atoms with van der Waals surface area (Å²) in [6.45, 7) is 1.77. The first kappa shape index (κ1) is 21.2. The molecule has 1 atom stereocenters. The van der Waals surface area contributed by atoms with Crippen LogP contribution in [0.25, 0.3) is 11.3 Å². The summed E-state index contributed by atoms with van der Waals surface area (Å²) < 4.78 is 26.0. The molecule has 0 radical (unpaired) electrons. The van der Waals surface area contributed by atoms with E-state index in [1.807, 2.05) is 0 Å². The van der Waals surface area contributed by atoms with Gasteiger partial charge in [0, 0.05) is 31.4 Å². The number of nitrogens with zero attached hydrogens (tertiary/aromatic N) is 4. The number of aryl methyl sites for hydroxylation is 1. The number of anilines is 3. The Balaban J connectivity index is 1.45. The molecule has 3 N–H and O–H groups in total. The summed E-state index contributed by atoms with van der Waals surface area (Å²) in [5.74, 6) is -4.73. The molecule has 1 fully saturated rings. The fourth-order valence-corrected chi connectivity index (χ4v) is 3.04. The van der Waals surface area contributed by atoms with E-state index in [2.05, 4.69) is 35.9 Å². The van der Waals surface area contributed by atoms with Gasteiger partial charge >= 0.3 is 0 Å². The third-order valence-electron chi connectivity index (χ3n) is 4.89. The molecule has 0 unspecified atom stereocenters. The molecule has 0 aliphatic heterocycles. The second-order valence-electron chi connectivity index (χ2n) is 7.30. The maximum atomic E-state index is 13.0. The van der Waals surface area contributed by atoms with Crippen molar-refractivity contribution in [3.05, 3.63) is 54.1 Å². The van der Waals surface area contributed by atoms with Gasteiger partial charge in [-0.15, -0.1) is 0 Å². The van der Waals surface area contributed by atoms with Crippen molar-refractivity contribution in [1.29, 1.82) is 0 Å². The number of carbonyl (C=O) groups excluding carboxylic acids is 2. The Morgan fingerprint density at radius 2 is 1.91 bits per heavy atom. The number of halogens is 2. The van der Waals surface area contributed by atoms with E-state index in [1.54, 1.807) is 31.3 Å². The van der Waals surface area contributed by atoms with Crippen LogP contribution in [0.3, 0.4) is 0 Å². The van der Waals surface area contributed by atoms with Gasteiger partial charge in [0.2, 0.25) is 11.9 Å². The number of alkyl halides is 2. The molecule has 0 spiro atoms. The lowest BCUT2D eigenvalue weighted by Crippen LogP contribution is -2.20. The first-order valence-corrected chi connectivity index (χ1v) is 9.71. The number of pyridine rings is 2. The van der Waals surface area contributed by atoms with E-state index < -0.39 is 24.2 Å². The molecule has 1 aliphatic rings. The van der Waals surface area contributed by atoms with E-state index in [9.17, 15) is 18.4 Å². The van der Waals surface area contributed by atoms with Gasteiger partial charge in [-0.05, 0) is 36.8 Å². The lowest BCUT2D eigenvalue weighted by atomic mass is 10.2. The highest BCUT2D eigenvalue weighted by Gasteiger charge is 2.61. The normalized spacial score (nSPS) is 16.2. The van der Waals surface area contributed by atoms with Crippen LogP contribution < -0.4 is 16.0 Å². The Labute approximate surface area is 181 Å². The van der Waals surface area contributed by atoms with Crippen molar-refractivity contribution >= 4 is 29.3 Å². The average Bonchev–Trinajstić information content (AvgIpc) is 3.42. The predicted octanol–water partition coefficient (Wildman–Crippen LogP) is 2.94. The number of amides is 2. The molecule has 2 amide bonds. The summed E-state index contributed by atoms with van der Waals surface area (Å²) >= 11 is 0. The number of hydrogen-bond donors (Lipinski definition) is 3. The zero-order valence-corrected chi connectivity index (χ0v) is 17.2. The molecular formula is C21H19F2N7O2. The maximum Gasteiger partial charge on any atom is 0.269 e. The second-order valence-corrected chi connectivity index (χ2v) is 7.30. The molecule has 3 heterocycles. The van der Waals surface area contributed by atoms with Gasteiger partial charge in [-0.1, -0.05) is 0 Å². The summed E-state index contributed by atoms with van der Waals surface area (Å²) in [4.78, 5) is 40.4. The third kappa shape index (κ3) is 4.51. The maximum absolute atomic E-state index is 13.0. The van der Waals surface area contributed by atoms with Crippen molar-refractivity contribution in [2.24, 2.45) is 5.92 Å². The van der Waals surface area contributed by atoms with Crippen molar-refractivity contribution in [1.82, 2.24) is 25.3 Å². The van der Waals surface area contributed by atoms with Crippen LogP contribution in [0.15, 0.2) is 42.9 Å². The van der Waals surface area contributed by atoms with Crippen LogP contribution in [0, 0.1) is 12.8 Å². The minimum absolute atomic E-state index is 0.187. The molecule has 1 aliphatic carbocycles. The molecule has 4 rings (SSSR count). The van der Waals surface area contributed by atoms with Gasteiger partial charge in [0.25, 0.3) is 11.8 Å². The van der Waals surface area contributed by atoms with Crippen LogP contribution in [0.5, 0.6) is 0 Å². The first-order valence-electron chi connectivity index (χ1n) is 9.71. The molecule has 3 aromatic rings. The Morgan fingerprint density at radius 1 is 1.12 bits per heavy atom. The minimum Gasteiger partial charge on any atom is -0.354 e. The summed E-state index contributed by atoms with van der Waals surface area (Å²) in [7, 11) is 1.54. The fourth-order valence-electron chi connectivity index (χ4n) is 3.04. The number of rotatable bonds is 6. The van der Waals surface area contributed by atoms with Crippen molar-refractivity contribution in [2.45, 2.75) is 19.3 Å². The first-order chi connectivity index (χ1) is 15.3. The van der Waals surface area contributed by atoms with Gasteiger partial charge in [0.1, 0.15) is 17.4 Å². The molecule has 11 heteroatoms. The van der Waals surface area contributed by atoms with Gasteiger partial charge < -0.3 is 16.0 Å². The number of hydrogen-bond acceptors (Lipinski definition) is 7. The Hall–Kier alpha value is -4.02. The molecule has 9 nitrogen and oxygen atoms in total. The van der Waals surface area contributed by atoms with Crippen molar-refractivity contribution in [2.75, 3.05) is 17.7 Å². The third-order valence-corrected chi connectivity index (χ3v) is 4.89. The van der Waals surface area contributed by atoms with E-state index in [0.29, 0.717) is 34.2 Å². The predicted molar refractivity (Wildman–Crippen MR) is 113 cm³/mol. The standard InChI is InChI=1S/C21H19F2N7O2/c1-11-7-13(10-27-17(11)19(32)24-2)28-20-25-6-5-15(29-20)12-3-4-16(26-9-12)30-18(31)14-8-21(14,22)23/h3-7,9-10,14H,8H2,1-2H3,(H,24,32)(H,25,28,29)(H,26,30,31)/t14-/m0/s1. The summed E-state index contributed by atoms with van der Waals surface area (Å²) in [5, 5.41) is 7.97. The highest BCUT2D eigenvalue weighted by Crippen LogP contribution is 2.49. The van der Waals surface area contributed by atoms with E-state index in [-0.39, 0.29) is 11.7 Å². The Kier molecular flexibility index (Phi) is 5.47. The molecule has 32 heavy (non-hydrogen) atoms. The molecular weight excluding hydrogens is 420 g/mol. The van der Waals surface area contributed by atoms with E-state index in [1.165, 1.54) is 25.5 Å². The quantitative estimate of drug-likeness (QED) is 0.540. The molecule has 0 saturated heterocycles. The summed E-state index contributed by atoms with van der Waals surface area (Å²) in [6, 6.07) is 6.64. The van der Waals surface area contributed by atoms with Crippen LogP contribution in [0.2, 0.25) is 0 Å². The Bertz CT molecular complexity index is 1190. The van der Waals surface area contributed by atoms with Crippen LogP contribution in [-0.2, 0) is 4.79 Å². The Morgan fingerprint density at radius 3 is 2.53 bits per heavy atom. The number of carbonyl (C=O) groups is 2. The van der Waals surface area contributed by atoms with Crippen LogP contribution in [0.1, 0.15) is 22.5 Å². The second kappa shape index (κ2) is 8.25. The molecule has 3 aromatic heterocycles. The number of aromatic nitrogens is 4. The van der Waals surface area contributed by atoms with Crippen molar-refractivity contribution < 1.29 is 18.4 Å². The van der Waals surface area contributed by atoms with Crippen LogP contribution in [0.4, 0.5) is 26.2 Å². The van der Waals surface area contributed by atoms with Crippen molar-refractivity contribution in [3.8, 4) is 11.3 Å². The van der Waals surface area contributed by atoms with E-state index in [4.69, 9.17) is 0 Å². The highest BCUT2D eigenvalue weighted by atomic mass is 19.3. The molecule has 164 valence electrons. The fraction of sp³-hybridized carbons (Fsp3) is 0.238. The zero-order chi connectivity index (χ0) is 22.9. The van der Waals surface area contributed by atoms with E-state index in [0.717, 1.165) is 0 Å². The van der Waals surface area contributed by atoms with Gasteiger partial charge in [0.15, 0.2) is 0 Å². The van der Waals surface area contributed by atoms with Crippen LogP contribution >= 0.6 is 0 Å². The molecule has 1 saturated carbocycles. The summed E-state index contributed by atoms with van der Waals surface area (Å²) in [5.41, 5.74) is 2.84. The van der Waals surface area contributed by atoms with Crippen molar-refractivity contribution in [3.63, 3.8) is 0 Å². The minimum atomic E-state index is -2.93. The van der Waals surface area contributed by atoms with Crippen LogP contribution in [-0.4, -0.2) is 44.7 Å². The zero-order valence-electron chi connectivity index (χ0n) is 17.2. The van der Waals surface area contributed by atoms with Gasteiger partial charge in [-0.25, -0.2) is 28.7 Å². The van der Waals surface area contributed by atoms with Gasteiger partial charge in [0.05, 0.1) is 17.6 Å². The smallest absolute Gasteiger partial charge is 0.269 e. The SMILES string of the molecule is CNC(=O)c1ncc(Nc2nccc(-c3ccc(NC(=O)[C@@H]4CC4(F)F)nc3)n2)cc1C. The average molecular weight is 439 g/mol. The lowest BCUT2D eigenvalue weighted by molar-refractivity contribution is -0.119. The lowest BCUT2D eigenvalue weighted by Gasteiger charge is -2.09. The largest absolute Gasteiger partial charge is 0.354 e. The highest BCUT2D eigenvalue weighted by molar-refractivity contribution is 5.94.